The Morgan fingerprint density at radius 3 is 2.64 bits per heavy atom. The first-order chi connectivity index (χ1) is 17.6. The predicted molar refractivity (Wildman–Crippen MR) is 145 cm³/mol. The number of thioether (sulfide) groups is 2. The Bertz CT molecular complexity index is 1160. The van der Waals surface area contributed by atoms with E-state index in [1.54, 1.807) is 18.3 Å². The highest BCUT2D eigenvalue weighted by Gasteiger charge is 2.25. The molecule has 8 nitrogen and oxygen atoms in total. The minimum atomic E-state index is -0.380. The lowest BCUT2D eigenvalue weighted by molar-refractivity contribution is -0.115. The molecule has 1 aliphatic carbocycles. The monoisotopic (exact) mass is 522 g/mol. The number of aromatic nitrogens is 3. The van der Waals surface area contributed by atoms with Gasteiger partial charge < -0.3 is 10.6 Å². The van der Waals surface area contributed by atoms with Gasteiger partial charge in [0.1, 0.15) is 0 Å². The summed E-state index contributed by atoms with van der Waals surface area (Å²) >= 11 is 2.74. The smallest absolute Gasteiger partial charge is 0.290 e. The van der Waals surface area contributed by atoms with Gasteiger partial charge in [-0.25, -0.2) is 9.97 Å². The number of hydrogen-bond donors (Lipinski definition) is 3. The molecule has 0 radical (unpaired) electrons. The molecule has 0 bridgehead atoms. The first kappa shape index (κ1) is 25.0. The molecule has 4 heterocycles. The van der Waals surface area contributed by atoms with Crippen LogP contribution in [0.3, 0.4) is 0 Å². The second-order valence-electron chi connectivity index (χ2n) is 9.38. The van der Waals surface area contributed by atoms with Crippen LogP contribution in [0.1, 0.15) is 48.7 Å². The summed E-state index contributed by atoms with van der Waals surface area (Å²) in [5.74, 6) is 3.00. The van der Waals surface area contributed by atoms with Crippen molar-refractivity contribution in [3.8, 4) is 0 Å². The Kier molecular flexibility index (Phi) is 8.35. The van der Waals surface area contributed by atoms with Crippen molar-refractivity contribution < 1.29 is 9.59 Å². The van der Waals surface area contributed by atoms with Crippen LogP contribution in [0.2, 0.25) is 0 Å². The molecule has 1 unspecified atom stereocenters. The summed E-state index contributed by atoms with van der Waals surface area (Å²) in [6, 6.07) is 8.09. The normalized spacial score (nSPS) is 24.9. The molecule has 3 N–H and O–H groups in total. The summed E-state index contributed by atoms with van der Waals surface area (Å²) in [6.45, 7) is 2.68. The Balaban J connectivity index is 1.02. The number of carbonyl (C=O) groups is 2. The van der Waals surface area contributed by atoms with Crippen LogP contribution in [0.25, 0.3) is 6.08 Å². The number of pyridine rings is 1. The minimum Gasteiger partial charge on any atom is -0.354 e. The third kappa shape index (κ3) is 6.74. The fourth-order valence-electron chi connectivity index (χ4n) is 4.73. The molecule has 1 atom stereocenters. The first-order valence-corrected chi connectivity index (χ1v) is 14.3. The number of hydrogen-bond acceptors (Lipinski definition) is 9. The molecule has 36 heavy (non-hydrogen) atoms. The summed E-state index contributed by atoms with van der Waals surface area (Å²) in [6.07, 6.45) is 10.3. The van der Waals surface area contributed by atoms with Gasteiger partial charge in [-0.3, -0.25) is 19.9 Å². The lowest BCUT2D eigenvalue weighted by Gasteiger charge is -2.28. The molecule has 2 aromatic heterocycles. The Morgan fingerprint density at radius 2 is 1.89 bits per heavy atom. The maximum absolute atomic E-state index is 11.7. The van der Waals surface area contributed by atoms with E-state index in [1.807, 2.05) is 11.8 Å². The lowest BCUT2D eigenvalue weighted by Crippen LogP contribution is -2.28. The van der Waals surface area contributed by atoms with Crippen molar-refractivity contribution in [2.45, 2.75) is 38.1 Å². The fraction of sp³-hybridized carbons (Fsp3) is 0.423. The number of nitrogens with one attached hydrogen (secondary N) is 3. The molecule has 2 aliphatic heterocycles. The van der Waals surface area contributed by atoms with Crippen molar-refractivity contribution in [2.24, 2.45) is 11.8 Å². The largest absolute Gasteiger partial charge is 0.354 e. The second kappa shape index (κ2) is 12.0. The third-order valence-electron chi connectivity index (χ3n) is 6.74. The summed E-state index contributed by atoms with van der Waals surface area (Å²) in [5.41, 5.74) is 2.90. The van der Waals surface area contributed by atoms with Crippen LogP contribution in [-0.4, -0.2) is 44.9 Å². The number of rotatable bonds is 9. The number of nitrogens with zero attached hydrogens (tertiary/aromatic N) is 3. The van der Waals surface area contributed by atoms with E-state index in [4.69, 9.17) is 4.98 Å². The van der Waals surface area contributed by atoms with Crippen molar-refractivity contribution >= 4 is 46.7 Å². The van der Waals surface area contributed by atoms with Gasteiger partial charge in [-0.15, -0.1) is 11.8 Å². The Hall–Kier alpha value is -2.69. The van der Waals surface area contributed by atoms with Gasteiger partial charge in [-0.05, 0) is 85.5 Å². The molecule has 10 heteroatoms. The van der Waals surface area contributed by atoms with Crippen LogP contribution in [0.5, 0.6) is 0 Å². The van der Waals surface area contributed by atoms with Crippen LogP contribution in [0.15, 0.2) is 46.9 Å². The van der Waals surface area contributed by atoms with E-state index in [1.165, 1.54) is 31.4 Å². The quantitative estimate of drug-likeness (QED) is 0.409. The molecule has 1 saturated carbocycles. The zero-order valence-electron chi connectivity index (χ0n) is 20.0. The van der Waals surface area contributed by atoms with Crippen LogP contribution >= 0.6 is 23.5 Å². The number of allylic oxidation sites excluding steroid dienone is 1. The van der Waals surface area contributed by atoms with E-state index in [0.717, 1.165) is 42.8 Å². The highest BCUT2D eigenvalue weighted by molar-refractivity contribution is 8.18. The molecule has 5 rings (SSSR count). The number of anilines is 1. The average molecular weight is 523 g/mol. The zero-order valence-corrected chi connectivity index (χ0v) is 21.6. The third-order valence-corrected chi connectivity index (χ3v) is 8.46. The zero-order chi connectivity index (χ0) is 24.7. The van der Waals surface area contributed by atoms with Crippen LogP contribution in [-0.2, 0) is 11.3 Å². The molecular formula is C26H30N6O2S2. The SMILES string of the molecule is O=C1NC(=O)/C(=C/c2ccnc(NC[C@H]3CC[C@H](CNCc4cccc(C5C=CSC5)n4)CC3)n2)S1. The van der Waals surface area contributed by atoms with Crippen molar-refractivity contribution in [1.29, 1.82) is 0 Å². The Labute approximate surface area is 219 Å². The molecule has 2 aromatic rings. The average Bonchev–Trinajstić information content (AvgIpc) is 3.54. The van der Waals surface area contributed by atoms with Crippen LogP contribution in [0.4, 0.5) is 10.7 Å². The van der Waals surface area contributed by atoms with E-state index in [-0.39, 0.29) is 11.1 Å². The second-order valence-corrected chi connectivity index (χ2v) is 11.3. The van der Waals surface area contributed by atoms with Gasteiger partial charge in [-0.2, -0.15) is 0 Å². The first-order valence-electron chi connectivity index (χ1n) is 12.4. The van der Waals surface area contributed by atoms with Crippen molar-refractivity contribution in [1.82, 2.24) is 25.6 Å². The summed E-state index contributed by atoms with van der Waals surface area (Å²) in [7, 11) is 0. The predicted octanol–water partition coefficient (Wildman–Crippen LogP) is 4.55. The molecule has 188 valence electrons. The number of imide groups is 1. The topological polar surface area (TPSA) is 109 Å². The molecule has 3 aliphatic rings. The standard InChI is InChI=1S/C26H30N6O2S2/c33-24-23(36-26(34)32-24)12-20-8-10-28-25(31-20)29-14-18-6-4-17(5-7-18)13-27-15-21-2-1-3-22(30-21)19-9-11-35-16-19/h1-3,8-12,17-19,27H,4-7,13-16H2,(H,28,29,31)(H,32,33,34)/b23-12-/t17-,18-,19?. The van der Waals surface area contributed by atoms with E-state index in [9.17, 15) is 9.59 Å². The van der Waals surface area contributed by atoms with E-state index in [2.05, 4.69) is 55.6 Å². The van der Waals surface area contributed by atoms with Gasteiger partial charge in [0.25, 0.3) is 11.1 Å². The summed E-state index contributed by atoms with van der Waals surface area (Å²) in [5, 5.41) is 11.0. The van der Waals surface area contributed by atoms with E-state index in [0.29, 0.717) is 34.3 Å². The minimum absolute atomic E-state index is 0.352. The Morgan fingerprint density at radius 1 is 1.06 bits per heavy atom. The number of carbonyl (C=O) groups excluding carboxylic acids is 2. The summed E-state index contributed by atoms with van der Waals surface area (Å²) < 4.78 is 0. The van der Waals surface area contributed by atoms with Crippen LogP contribution in [0, 0.1) is 11.8 Å². The molecule has 2 fully saturated rings. The van der Waals surface area contributed by atoms with Gasteiger partial charge in [0.2, 0.25) is 5.95 Å². The molecule has 0 spiro atoms. The fourth-order valence-corrected chi connectivity index (χ4v) is 6.29. The maximum Gasteiger partial charge on any atom is 0.290 e. The molecule has 0 aromatic carbocycles. The van der Waals surface area contributed by atoms with Gasteiger partial charge in [-0.1, -0.05) is 12.1 Å². The van der Waals surface area contributed by atoms with Crippen molar-refractivity contribution in [3.63, 3.8) is 0 Å². The highest BCUT2D eigenvalue weighted by atomic mass is 32.2. The molecule has 2 amide bonds. The van der Waals surface area contributed by atoms with Crippen molar-refractivity contribution in [2.75, 3.05) is 24.2 Å². The van der Waals surface area contributed by atoms with Gasteiger partial charge in [0.15, 0.2) is 0 Å². The van der Waals surface area contributed by atoms with Gasteiger partial charge in [0, 0.05) is 36.7 Å². The van der Waals surface area contributed by atoms with Gasteiger partial charge >= 0.3 is 0 Å². The molecule has 1 saturated heterocycles. The van der Waals surface area contributed by atoms with E-state index < -0.39 is 0 Å². The van der Waals surface area contributed by atoms with E-state index >= 15 is 0 Å². The highest BCUT2D eigenvalue weighted by Crippen LogP contribution is 2.30. The molecular weight excluding hydrogens is 492 g/mol. The van der Waals surface area contributed by atoms with Crippen LogP contribution < -0.4 is 16.0 Å². The lowest BCUT2D eigenvalue weighted by atomic mass is 9.82. The van der Waals surface area contributed by atoms with Crippen molar-refractivity contribution in [3.05, 3.63) is 63.9 Å². The maximum atomic E-state index is 11.7. The van der Waals surface area contributed by atoms with Gasteiger partial charge in [0.05, 0.1) is 16.3 Å². The number of amides is 2. The summed E-state index contributed by atoms with van der Waals surface area (Å²) in [4.78, 5) is 37.1.